The van der Waals surface area contributed by atoms with E-state index in [0.717, 1.165) is 21.8 Å². The first-order chi connectivity index (χ1) is 12.7. The van der Waals surface area contributed by atoms with E-state index < -0.39 is 0 Å². The number of nitrogens with zero attached hydrogens (tertiary/aromatic N) is 3. The van der Waals surface area contributed by atoms with Crippen molar-refractivity contribution in [2.24, 2.45) is 0 Å². The second-order valence-corrected chi connectivity index (χ2v) is 7.12. The zero-order chi connectivity index (χ0) is 17.9. The van der Waals surface area contributed by atoms with Crippen molar-refractivity contribution in [3.05, 3.63) is 94.8 Å². The van der Waals surface area contributed by atoms with Crippen LogP contribution in [0, 0.1) is 6.92 Å². The molecule has 4 nitrogen and oxygen atoms in total. The molecule has 0 unspecified atom stereocenters. The van der Waals surface area contributed by atoms with Gasteiger partial charge in [0.2, 0.25) is 0 Å². The van der Waals surface area contributed by atoms with Crippen molar-refractivity contribution < 1.29 is 4.79 Å². The van der Waals surface area contributed by atoms with E-state index in [1.165, 1.54) is 0 Å². The van der Waals surface area contributed by atoms with E-state index in [4.69, 9.17) is 0 Å². The highest BCUT2D eigenvalue weighted by Crippen LogP contribution is 2.19. The predicted octanol–water partition coefficient (Wildman–Crippen LogP) is 4.55. The summed E-state index contributed by atoms with van der Waals surface area (Å²) < 4.78 is 1.97. The molecule has 0 bridgehead atoms. The van der Waals surface area contributed by atoms with Gasteiger partial charge in [0.25, 0.3) is 5.91 Å². The van der Waals surface area contributed by atoms with Gasteiger partial charge in [0.05, 0.1) is 0 Å². The second kappa shape index (κ2) is 7.14. The van der Waals surface area contributed by atoms with E-state index in [1.807, 2.05) is 88.5 Å². The molecule has 0 aliphatic carbocycles. The number of thiazole rings is 1. The molecular formula is C21H19N3OS. The number of aryl methyl sites for hydroxylation is 1. The molecule has 26 heavy (non-hydrogen) atoms. The molecule has 0 saturated heterocycles. The Morgan fingerprint density at radius 3 is 2.12 bits per heavy atom. The van der Waals surface area contributed by atoms with Gasteiger partial charge in [-0.3, -0.25) is 9.20 Å². The molecule has 4 rings (SSSR count). The minimum Gasteiger partial charge on any atom is -0.329 e. The van der Waals surface area contributed by atoms with Crippen molar-refractivity contribution in [2.75, 3.05) is 0 Å². The van der Waals surface area contributed by atoms with E-state index in [1.54, 1.807) is 11.3 Å². The van der Waals surface area contributed by atoms with Crippen molar-refractivity contribution >= 4 is 22.2 Å². The summed E-state index contributed by atoms with van der Waals surface area (Å²) in [6.45, 7) is 3.13. The smallest absolute Gasteiger partial charge is 0.274 e. The number of carbonyl (C=O) groups excluding carboxylic acids is 1. The van der Waals surface area contributed by atoms with Crippen molar-refractivity contribution in [1.82, 2.24) is 14.3 Å². The Morgan fingerprint density at radius 2 is 1.58 bits per heavy atom. The number of hydrogen-bond donors (Lipinski definition) is 0. The van der Waals surface area contributed by atoms with E-state index >= 15 is 0 Å². The zero-order valence-electron chi connectivity index (χ0n) is 14.5. The Hall–Kier alpha value is -2.92. The average molecular weight is 361 g/mol. The van der Waals surface area contributed by atoms with E-state index in [9.17, 15) is 4.79 Å². The summed E-state index contributed by atoms with van der Waals surface area (Å²) in [5.41, 5.74) is 3.80. The third kappa shape index (κ3) is 3.39. The molecule has 0 saturated carbocycles. The maximum atomic E-state index is 13.2. The first kappa shape index (κ1) is 16.5. The van der Waals surface area contributed by atoms with Gasteiger partial charge >= 0.3 is 0 Å². The quantitative estimate of drug-likeness (QED) is 0.523. The van der Waals surface area contributed by atoms with Crippen LogP contribution in [0.4, 0.5) is 0 Å². The predicted molar refractivity (Wildman–Crippen MR) is 104 cm³/mol. The molecule has 4 aromatic rings. The SMILES string of the molecule is Cc1csc2nc(C(=O)N(Cc3ccccc3)Cc3ccccc3)cn12. The van der Waals surface area contributed by atoms with Gasteiger partial charge in [-0.2, -0.15) is 0 Å². The highest BCUT2D eigenvalue weighted by Gasteiger charge is 2.20. The fourth-order valence-electron chi connectivity index (χ4n) is 2.97. The largest absolute Gasteiger partial charge is 0.329 e. The van der Waals surface area contributed by atoms with Crippen LogP contribution >= 0.6 is 11.3 Å². The Morgan fingerprint density at radius 1 is 1.00 bits per heavy atom. The summed E-state index contributed by atoms with van der Waals surface area (Å²) in [5.74, 6) is -0.0481. The fourth-order valence-corrected chi connectivity index (χ4v) is 3.82. The molecule has 0 aliphatic heterocycles. The fraction of sp³-hybridized carbons (Fsp3) is 0.143. The van der Waals surface area contributed by atoms with Crippen LogP contribution < -0.4 is 0 Å². The first-order valence-corrected chi connectivity index (χ1v) is 9.39. The summed E-state index contributed by atoms with van der Waals surface area (Å²) in [7, 11) is 0. The van der Waals surface area contributed by atoms with E-state index in [0.29, 0.717) is 18.8 Å². The maximum Gasteiger partial charge on any atom is 0.274 e. The number of rotatable bonds is 5. The topological polar surface area (TPSA) is 37.6 Å². The highest BCUT2D eigenvalue weighted by molar-refractivity contribution is 7.15. The Labute approximate surface area is 156 Å². The second-order valence-electron chi connectivity index (χ2n) is 6.29. The standard InChI is InChI=1S/C21H19N3OS/c1-16-15-26-21-22-19(14-24(16)21)20(25)23(12-17-8-4-2-5-9-17)13-18-10-6-3-7-11-18/h2-11,14-15H,12-13H2,1H3. The van der Waals surface area contributed by atoms with Gasteiger partial charge in [0, 0.05) is 30.4 Å². The minimum atomic E-state index is -0.0481. The third-order valence-electron chi connectivity index (χ3n) is 4.33. The van der Waals surface area contributed by atoms with Gasteiger partial charge in [0.1, 0.15) is 5.69 Å². The van der Waals surface area contributed by atoms with Gasteiger partial charge in [-0.25, -0.2) is 4.98 Å². The lowest BCUT2D eigenvalue weighted by Crippen LogP contribution is -2.30. The Balaban J connectivity index is 1.65. The lowest BCUT2D eigenvalue weighted by atomic mass is 10.1. The van der Waals surface area contributed by atoms with Crippen molar-refractivity contribution in [1.29, 1.82) is 0 Å². The molecule has 0 spiro atoms. The molecule has 5 heteroatoms. The van der Waals surface area contributed by atoms with Crippen molar-refractivity contribution in [3.8, 4) is 0 Å². The van der Waals surface area contributed by atoms with Crippen LogP contribution in [0.25, 0.3) is 4.96 Å². The lowest BCUT2D eigenvalue weighted by molar-refractivity contribution is 0.0725. The molecule has 2 heterocycles. The highest BCUT2D eigenvalue weighted by atomic mass is 32.1. The van der Waals surface area contributed by atoms with Gasteiger partial charge in [-0.05, 0) is 18.1 Å². The number of imidazole rings is 1. The normalized spacial score (nSPS) is 11.0. The molecule has 1 amide bonds. The average Bonchev–Trinajstić information content (AvgIpc) is 3.25. The third-order valence-corrected chi connectivity index (χ3v) is 5.29. The minimum absolute atomic E-state index is 0.0481. The first-order valence-electron chi connectivity index (χ1n) is 8.51. The summed E-state index contributed by atoms with van der Waals surface area (Å²) in [6.07, 6.45) is 1.84. The molecule has 2 aromatic carbocycles. The van der Waals surface area contributed by atoms with E-state index in [2.05, 4.69) is 4.98 Å². The molecular weight excluding hydrogens is 342 g/mol. The molecule has 0 fully saturated rings. The number of amides is 1. The van der Waals surface area contributed by atoms with Gasteiger partial charge in [-0.1, -0.05) is 60.7 Å². The van der Waals surface area contributed by atoms with Crippen molar-refractivity contribution in [3.63, 3.8) is 0 Å². The number of fused-ring (bicyclic) bond motifs is 1. The van der Waals surface area contributed by atoms with Crippen LogP contribution in [0.2, 0.25) is 0 Å². The summed E-state index contributed by atoms with van der Waals surface area (Å²) in [4.78, 5) is 20.4. The van der Waals surface area contributed by atoms with Crippen LogP contribution in [0.3, 0.4) is 0 Å². The Kier molecular flexibility index (Phi) is 4.54. The van der Waals surface area contributed by atoms with E-state index in [-0.39, 0.29) is 5.91 Å². The summed E-state index contributed by atoms with van der Waals surface area (Å²) >= 11 is 1.55. The number of aromatic nitrogens is 2. The molecule has 0 atom stereocenters. The van der Waals surface area contributed by atoms with Crippen LogP contribution in [0.5, 0.6) is 0 Å². The van der Waals surface area contributed by atoms with Crippen LogP contribution in [0.1, 0.15) is 27.3 Å². The molecule has 0 aliphatic rings. The van der Waals surface area contributed by atoms with Gasteiger partial charge in [0.15, 0.2) is 4.96 Å². The van der Waals surface area contributed by atoms with Crippen LogP contribution in [-0.2, 0) is 13.1 Å². The maximum absolute atomic E-state index is 13.2. The summed E-state index contributed by atoms with van der Waals surface area (Å²) in [6, 6.07) is 20.1. The molecule has 0 radical (unpaired) electrons. The van der Waals surface area contributed by atoms with Crippen LogP contribution in [0.15, 0.2) is 72.2 Å². The monoisotopic (exact) mass is 361 g/mol. The summed E-state index contributed by atoms with van der Waals surface area (Å²) in [5, 5.41) is 2.04. The molecule has 2 aromatic heterocycles. The van der Waals surface area contributed by atoms with Crippen LogP contribution in [-0.4, -0.2) is 20.2 Å². The number of carbonyl (C=O) groups is 1. The molecule has 0 N–H and O–H groups in total. The zero-order valence-corrected chi connectivity index (χ0v) is 15.3. The van der Waals surface area contributed by atoms with Gasteiger partial charge < -0.3 is 4.90 Å². The Bertz CT molecular complexity index is 980. The molecule has 130 valence electrons. The number of hydrogen-bond acceptors (Lipinski definition) is 3. The van der Waals surface area contributed by atoms with Crippen molar-refractivity contribution in [2.45, 2.75) is 20.0 Å². The lowest BCUT2D eigenvalue weighted by Gasteiger charge is -2.22. The number of benzene rings is 2. The van der Waals surface area contributed by atoms with Gasteiger partial charge in [-0.15, -0.1) is 11.3 Å².